The van der Waals surface area contributed by atoms with E-state index in [4.69, 9.17) is 18.9 Å². The summed E-state index contributed by atoms with van der Waals surface area (Å²) in [6.45, 7) is 3.78. The Bertz CT molecular complexity index is 1200. The second-order valence-electron chi connectivity index (χ2n) is 17.8. The maximum Gasteiger partial charge on any atom is 0.306 e. The third-order valence-electron chi connectivity index (χ3n) is 11.8. The molecule has 0 aliphatic carbocycles. The number of aliphatic hydroxyl groups is 3. The standard InChI is InChI=1S/C49H92O12S/c1-3-5-7-9-11-13-15-17-19-20-21-22-24-25-27-29-31-33-35-37-44(50)58-39-42(40-59-49-48(54)47(53)46(52)43(61-49)41-62(55,56)57)60-45(51)38-36-34-32-30-28-26-23-18-16-14-12-10-8-6-4-2/h14,16,42-43,46-49,52-54H,3-13,15,17-41H2,1-2H3,(H,55,56,57)/b16-14+/t42-,43-,46-,47?,48?,49+/m1/s1. The van der Waals surface area contributed by atoms with Crippen molar-refractivity contribution in [3.63, 3.8) is 0 Å². The van der Waals surface area contributed by atoms with Gasteiger partial charge in [-0.25, -0.2) is 0 Å². The van der Waals surface area contributed by atoms with E-state index in [1.165, 1.54) is 141 Å². The van der Waals surface area contributed by atoms with Crippen LogP contribution in [0.4, 0.5) is 0 Å². The molecule has 0 aromatic rings. The molecule has 0 spiro atoms. The minimum atomic E-state index is -4.60. The van der Waals surface area contributed by atoms with Crippen LogP contribution in [0.3, 0.4) is 0 Å². The van der Waals surface area contributed by atoms with E-state index in [1.807, 2.05) is 0 Å². The predicted octanol–water partition coefficient (Wildman–Crippen LogP) is 11.0. The highest BCUT2D eigenvalue weighted by Gasteiger charge is 2.46. The molecule has 6 atom stereocenters. The summed E-state index contributed by atoms with van der Waals surface area (Å²) in [6, 6.07) is 0. The van der Waals surface area contributed by atoms with Crippen LogP contribution < -0.4 is 0 Å². The van der Waals surface area contributed by atoms with Gasteiger partial charge in [0.2, 0.25) is 0 Å². The van der Waals surface area contributed by atoms with E-state index in [0.717, 1.165) is 51.4 Å². The topological polar surface area (TPSA) is 186 Å². The van der Waals surface area contributed by atoms with E-state index in [-0.39, 0.29) is 19.4 Å². The molecule has 13 heteroatoms. The first-order valence-corrected chi connectivity index (χ1v) is 26.9. The van der Waals surface area contributed by atoms with Crippen molar-refractivity contribution in [3.05, 3.63) is 12.2 Å². The van der Waals surface area contributed by atoms with E-state index in [0.29, 0.717) is 12.8 Å². The van der Waals surface area contributed by atoms with Gasteiger partial charge in [-0.3, -0.25) is 14.1 Å². The van der Waals surface area contributed by atoms with Crippen LogP contribution in [0, 0.1) is 0 Å². The molecule has 0 bridgehead atoms. The largest absolute Gasteiger partial charge is 0.462 e. The summed E-state index contributed by atoms with van der Waals surface area (Å²) in [6.07, 6.45) is 33.9. The Morgan fingerprint density at radius 3 is 1.35 bits per heavy atom. The summed E-state index contributed by atoms with van der Waals surface area (Å²) in [7, 11) is -4.60. The fourth-order valence-electron chi connectivity index (χ4n) is 7.91. The lowest BCUT2D eigenvalue weighted by Gasteiger charge is -2.40. The van der Waals surface area contributed by atoms with E-state index in [9.17, 15) is 37.9 Å². The number of aliphatic hydroxyl groups excluding tert-OH is 3. The molecule has 366 valence electrons. The molecule has 1 saturated heterocycles. The first-order chi connectivity index (χ1) is 30.0. The van der Waals surface area contributed by atoms with Crippen LogP contribution in [0.2, 0.25) is 0 Å². The average Bonchev–Trinajstić information content (AvgIpc) is 3.24. The number of esters is 2. The monoisotopic (exact) mass is 905 g/mol. The lowest BCUT2D eigenvalue weighted by Crippen LogP contribution is -2.60. The van der Waals surface area contributed by atoms with Gasteiger partial charge in [0.15, 0.2) is 12.4 Å². The number of carbonyl (C=O) groups is 2. The fourth-order valence-corrected chi connectivity index (χ4v) is 8.60. The maximum absolute atomic E-state index is 12.8. The molecule has 2 unspecified atom stereocenters. The molecule has 1 aliphatic heterocycles. The number of hydrogen-bond donors (Lipinski definition) is 4. The molecular weight excluding hydrogens is 813 g/mol. The number of hydrogen-bond acceptors (Lipinski definition) is 11. The Morgan fingerprint density at radius 2 is 0.919 bits per heavy atom. The number of ether oxygens (including phenoxy) is 4. The molecule has 62 heavy (non-hydrogen) atoms. The average molecular weight is 905 g/mol. The van der Waals surface area contributed by atoms with Gasteiger partial charge < -0.3 is 34.3 Å². The number of rotatable bonds is 43. The fraction of sp³-hybridized carbons (Fsp3) is 0.918. The Hall–Kier alpha value is -1.61. The summed E-state index contributed by atoms with van der Waals surface area (Å²) in [5.41, 5.74) is 0. The first-order valence-electron chi connectivity index (χ1n) is 25.2. The van der Waals surface area contributed by atoms with Gasteiger partial charge in [-0.1, -0.05) is 193 Å². The van der Waals surface area contributed by atoms with Crippen molar-refractivity contribution in [1.82, 2.24) is 0 Å². The Kier molecular flexibility index (Phi) is 37.4. The Morgan fingerprint density at radius 1 is 0.532 bits per heavy atom. The molecule has 0 amide bonds. The molecular formula is C49H92O12S. The molecule has 1 rings (SSSR count). The third-order valence-corrected chi connectivity index (χ3v) is 12.6. The molecule has 0 saturated carbocycles. The van der Waals surface area contributed by atoms with Crippen molar-refractivity contribution in [3.8, 4) is 0 Å². The highest BCUT2D eigenvalue weighted by atomic mass is 32.2. The van der Waals surface area contributed by atoms with Crippen LogP contribution in [0.1, 0.15) is 232 Å². The van der Waals surface area contributed by atoms with Gasteiger partial charge in [-0.2, -0.15) is 8.42 Å². The van der Waals surface area contributed by atoms with Crippen molar-refractivity contribution < 1.29 is 56.8 Å². The number of unbranched alkanes of at least 4 members (excludes halogenated alkanes) is 29. The van der Waals surface area contributed by atoms with Crippen LogP contribution in [0.25, 0.3) is 0 Å². The van der Waals surface area contributed by atoms with Gasteiger partial charge in [-0.15, -0.1) is 0 Å². The SMILES string of the molecule is CCCCCC/C=C/CCCCCCCCCC(=O)O[C@H](COC(=O)CCCCCCCCCCCCCCCCCCCCC)CO[C@H]1O[C@H](CS(=O)(=O)O)[C@@H](O)C(O)C1O. The summed E-state index contributed by atoms with van der Waals surface area (Å²) < 4.78 is 54.2. The second kappa shape index (κ2) is 39.7. The third kappa shape index (κ3) is 33.8. The Balaban J connectivity index is 2.37. The van der Waals surface area contributed by atoms with Crippen LogP contribution in [-0.4, -0.2) is 96.0 Å². The van der Waals surface area contributed by atoms with Crippen LogP contribution >= 0.6 is 0 Å². The smallest absolute Gasteiger partial charge is 0.306 e. The number of allylic oxidation sites excluding steroid dienone is 2. The summed E-state index contributed by atoms with van der Waals surface area (Å²) in [5, 5.41) is 30.9. The molecule has 0 radical (unpaired) electrons. The first kappa shape index (κ1) is 58.4. The zero-order valence-electron chi connectivity index (χ0n) is 39.2. The minimum Gasteiger partial charge on any atom is -0.462 e. The highest BCUT2D eigenvalue weighted by Crippen LogP contribution is 2.24. The van der Waals surface area contributed by atoms with E-state index in [1.54, 1.807) is 0 Å². The van der Waals surface area contributed by atoms with Crippen LogP contribution in [-0.2, 0) is 38.7 Å². The van der Waals surface area contributed by atoms with Gasteiger partial charge in [-0.05, 0) is 38.5 Å². The molecule has 1 fully saturated rings. The zero-order valence-corrected chi connectivity index (χ0v) is 40.1. The van der Waals surface area contributed by atoms with Gasteiger partial charge in [0.1, 0.15) is 36.8 Å². The van der Waals surface area contributed by atoms with Crippen LogP contribution in [0.15, 0.2) is 12.2 Å². The van der Waals surface area contributed by atoms with Crippen molar-refractivity contribution in [1.29, 1.82) is 0 Å². The van der Waals surface area contributed by atoms with Crippen molar-refractivity contribution in [2.75, 3.05) is 19.0 Å². The number of carbonyl (C=O) groups excluding carboxylic acids is 2. The molecule has 0 aromatic carbocycles. The van der Waals surface area contributed by atoms with Gasteiger partial charge >= 0.3 is 11.9 Å². The maximum atomic E-state index is 12.8. The summed E-state index contributed by atoms with van der Waals surface area (Å²) >= 11 is 0. The summed E-state index contributed by atoms with van der Waals surface area (Å²) in [4.78, 5) is 25.5. The molecule has 4 N–H and O–H groups in total. The lowest BCUT2D eigenvalue weighted by molar-refractivity contribution is -0.297. The molecule has 1 aliphatic rings. The van der Waals surface area contributed by atoms with Crippen molar-refractivity contribution >= 4 is 22.1 Å². The van der Waals surface area contributed by atoms with E-state index in [2.05, 4.69) is 26.0 Å². The predicted molar refractivity (Wildman–Crippen MR) is 247 cm³/mol. The van der Waals surface area contributed by atoms with Crippen molar-refractivity contribution in [2.24, 2.45) is 0 Å². The molecule has 1 heterocycles. The summed E-state index contributed by atoms with van der Waals surface area (Å²) in [5.74, 6) is -1.97. The van der Waals surface area contributed by atoms with Gasteiger partial charge in [0.25, 0.3) is 10.1 Å². The van der Waals surface area contributed by atoms with Crippen LogP contribution in [0.5, 0.6) is 0 Å². The quantitative estimate of drug-likeness (QED) is 0.0197. The molecule has 0 aromatic heterocycles. The van der Waals surface area contributed by atoms with Gasteiger partial charge in [0, 0.05) is 12.8 Å². The highest BCUT2D eigenvalue weighted by molar-refractivity contribution is 7.85. The minimum absolute atomic E-state index is 0.163. The zero-order chi connectivity index (χ0) is 45.5. The van der Waals surface area contributed by atoms with Gasteiger partial charge in [0.05, 0.1) is 6.61 Å². The molecule has 12 nitrogen and oxygen atoms in total. The second-order valence-corrected chi connectivity index (χ2v) is 19.3. The van der Waals surface area contributed by atoms with Crippen molar-refractivity contribution in [2.45, 2.75) is 269 Å². The Labute approximate surface area is 377 Å². The lowest BCUT2D eigenvalue weighted by atomic mass is 10.00. The van der Waals surface area contributed by atoms with E-state index < -0.39 is 71.2 Å². The normalized spacial score (nSPS) is 19.9. The van der Waals surface area contributed by atoms with E-state index >= 15 is 0 Å².